The number of allylic oxidation sites excluding steroid dienone is 1. The van der Waals surface area contributed by atoms with Gasteiger partial charge < -0.3 is 39.0 Å². The van der Waals surface area contributed by atoms with Crippen LogP contribution in [0.5, 0.6) is 0 Å². The van der Waals surface area contributed by atoms with Crippen LogP contribution in [0, 0.1) is 46.3 Å². The molecule has 254 valence electrons. The van der Waals surface area contributed by atoms with Gasteiger partial charge in [-0.2, -0.15) is 0 Å². The average Bonchev–Trinajstić information content (AvgIpc) is 3.25. The highest BCUT2D eigenvalue weighted by Gasteiger charge is 2.83. The van der Waals surface area contributed by atoms with Gasteiger partial charge in [-0.1, -0.05) is 63.0 Å². The lowest BCUT2D eigenvalue weighted by Crippen LogP contribution is -2.78. The molecule has 45 heavy (non-hydrogen) atoms. The number of rotatable bonds is 10. The molecule has 0 aromatic rings. The highest BCUT2D eigenvalue weighted by molar-refractivity contribution is 9.09. The molecule has 6 unspecified atom stereocenters. The van der Waals surface area contributed by atoms with E-state index in [4.69, 9.17) is 23.7 Å². The van der Waals surface area contributed by atoms with Crippen molar-refractivity contribution >= 4 is 33.7 Å². The van der Waals surface area contributed by atoms with Gasteiger partial charge in [0.2, 0.25) is 6.10 Å². The van der Waals surface area contributed by atoms with E-state index in [-0.39, 0.29) is 36.6 Å². The molecule has 2 aliphatic heterocycles. The average molecular weight is 702 g/mol. The number of ether oxygens (including phenoxy) is 5. The van der Waals surface area contributed by atoms with E-state index in [0.717, 1.165) is 5.57 Å². The second-order valence-corrected chi connectivity index (χ2v) is 15.4. The van der Waals surface area contributed by atoms with E-state index < -0.39 is 82.6 Å². The number of carbonyl (C=O) groups excluding carboxylic acids is 3. The van der Waals surface area contributed by atoms with Gasteiger partial charge >= 0.3 is 11.9 Å². The number of fused-ring (bicyclic) bond motifs is 1. The van der Waals surface area contributed by atoms with Gasteiger partial charge in [-0.05, 0) is 50.0 Å². The first-order valence-corrected chi connectivity index (χ1v) is 17.3. The maximum atomic E-state index is 13.8. The van der Waals surface area contributed by atoms with Crippen LogP contribution in [0.1, 0.15) is 68.2 Å². The largest absolute Gasteiger partial charge is 0.459 e. The molecular formula is C33H49BrO11. The van der Waals surface area contributed by atoms with E-state index in [1.54, 1.807) is 6.92 Å². The van der Waals surface area contributed by atoms with Crippen LogP contribution in [0.3, 0.4) is 0 Å². The Bertz CT molecular complexity index is 1230. The number of ketones is 1. The minimum atomic E-state index is -2.11. The molecule has 2 bridgehead atoms. The molecule has 0 aromatic heterocycles. The minimum Gasteiger partial charge on any atom is -0.459 e. The molecule has 5 aliphatic rings. The van der Waals surface area contributed by atoms with E-state index in [0.29, 0.717) is 18.4 Å². The fourth-order valence-electron chi connectivity index (χ4n) is 9.88. The zero-order valence-electron chi connectivity index (χ0n) is 27.4. The number of hydrogen-bond donors (Lipinski definition) is 3. The Labute approximate surface area is 273 Å². The van der Waals surface area contributed by atoms with Crippen LogP contribution in [-0.4, -0.2) is 93.7 Å². The molecule has 5 rings (SSSR count). The van der Waals surface area contributed by atoms with Gasteiger partial charge in [0.1, 0.15) is 18.3 Å². The van der Waals surface area contributed by atoms with Gasteiger partial charge in [0.25, 0.3) is 0 Å². The number of hydrogen-bond acceptors (Lipinski definition) is 11. The van der Waals surface area contributed by atoms with Gasteiger partial charge in [-0.3, -0.25) is 9.59 Å². The number of halogens is 1. The van der Waals surface area contributed by atoms with Gasteiger partial charge in [-0.15, -0.1) is 0 Å². The third kappa shape index (κ3) is 4.91. The normalized spacial score (nSPS) is 43.0. The highest BCUT2D eigenvalue weighted by atomic mass is 79.9. The summed E-state index contributed by atoms with van der Waals surface area (Å²) >= 11 is 3.41. The molecule has 4 fully saturated rings. The monoisotopic (exact) mass is 700 g/mol. The molecular weight excluding hydrogens is 652 g/mol. The summed E-state index contributed by atoms with van der Waals surface area (Å²) in [5, 5.41) is 35.7. The van der Waals surface area contributed by atoms with Crippen molar-refractivity contribution in [3.8, 4) is 0 Å². The Hall–Kier alpha value is -1.41. The molecule has 0 aromatic carbocycles. The third-order valence-electron chi connectivity index (χ3n) is 12.0. The molecule has 1 spiro atoms. The van der Waals surface area contributed by atoms with Crippen molar-refractivity contribution in [2.75, 3.05) is 18.5 Å². The summed E-state index contributed by atoms with van der Waals surface area (Å²) in [5.74, 6) is -7.35. The van der Waals surface area contributed by atoms with Crippen molar-refractivity contribution in [2.24, 2.45) is 46.3 Å². The van der Waals surface area contributed by atoms with Crippen LogP contribution in [0.4, 0.5) is 0 Å². The molecule has 11 nitrogen and oxygen atoms in total. The predicted molar refractivity (Wildman–Crippen MR) is 164 cm³/mol. The van der Waals surface area contributed by atoms with Crippen molar-refractivity contribution in [2.45, 2.75) is 110 Å². The van der Waals surface area contributed by atoms with E-state index in [1.165, 1.54) is 6.08 Å². The summed E-state index contributed by atoms with van der Waals surface area (Å²) < 4.78 is 30.4. The van der Waals surface area contributed by atoms with E-state index >= 15 is 0 Å². The standard InChI is InChI=1S/C33H49BrO11/c1-9-41-23(13-34)45-27-20(35)10-17(6)19-11-21-31-14-42-33(40,29(31)30(19,27)8)26(37)18(7)24(31)25(28(38)43-21)44-22(36)12-32(39,15(2)3)16(4)5/h10,15-16,18-19,21,23-27,29,37,39-40H,9,11-14H2,1-8H3/t18?,19-,21+,23?,24?,25?,26+,27+,29?,30?,31-,33-/m0/s1. The van der Waals surface area contributed by atoms with Crippen LogP contribution < -0.4 is 0 Å². The van der Waals surface area contributed by atoms with E-state index in [9.17, 15) is 29.7 Å². The first-order chi connectivity index (χ1) is 20.9. The molecule has 2 saturated carbocycles. The summed E-state index contributed by atoms with van der Waals surface area (Å²) in [5.41, 5.74) is -2.88. The second kappa shape index (κ2) is 11.9. The first kappa shape index (κ1) is 34.9. The first-order valence-electron chi connectivity index (χ1n) is 16.2. The summed E-state index contributed by atoms with van der Waals surface area (Å²) in [6.45, 7) is 14.8. The quantitative estimate of drug-likeness (QED) is 0.175. The molecule has 2 heterocycles. The van der Waals surface area contributed by atoms with E-state index in [2.05, 4.69) is 15.9 Å². The number of aliphatic hydroxyl groups excluding tert-OH is 1. The Balaban J connectivity index is 1.61. The summed E-state index contributed by atoms with van der Waals surface area (Å²) in [6, 6.07) is 0. The lowest BCUT2D eigenvalue weighted by Gasteiger charge is -2.68. The fourth-order valence-corrected chi connectivity index (χ4v) is 10.2. The maximum absolute atomic E-state index is 13.8. The number of esters is 2. The van der Waals surface area contributed by atoms with Crippen LogP contribution >= 0.6 is 15.9 Å². The predicted octanol–water partition coefficient (Wildman–Crippen LogP) is 2.90. The Morgan fingerprint density at radius 3 is 2.44 bits per heavy atom. The van der Waals surface area contributed by atoms with Gasteiger partial charge in [-0.25, -0.2) is 4.79 Å². The van der Waals surface area contributed by atoms with Crippen LogP contribution in [0.2, 0.25) is 0 Å². The zero-order valence-corrected chi connectivity index (χ0v) is 29.0. The van der Waals surface area contributed by atoms with Crippen molar-refractivity contribution < 1.29 is 53.4 Å². The van der Waals surface area contributed by atoms with Crippen molar-refractivity contribution in [3.05, 3.63) is 11.6 Å². The molecule has 0 radical (unpaired) electrons. The SMILES string of the molecule is CCOC(CBr)O[C@@H]1C(=O)C=C(C)[C@@H]2C[C@H]3OC(=O)C(OC(=O)CC(O)(C(C)C)C(C)C)C4C(C)[C@@H](O)[C@]5(O)OC[C@@]43C5C12C. The molecule has 3 aliphatic carbocycles. The molecule has 12 atom stereocenters. The van der Waals surface area contributed by atoms with Crippen LogP contribution in [0.15, 0.2) is 11.6 Å². The van der Waals surface area contributed by atoms with Gasteiger partial charge in [0.05, 0.1) is 24.0 Å². The van der Waals surface area contributed by atoms with E-state index in [1.807, 2.05) is 48.5 Å². The summed E-state index contributed by atoms with van der Waals surface area (Å²) in [4.78, 5) is 41.0. The number of carbonyl (C=O) groups is 3. The van der Waals surface area contributed by atoms with Crippen molar-refractivity contribution in [3.63, 3.8) is 0 Å². The molecule has 0 amide bonds. The number of alkyl halides is 1. The third-order valence-corrected chi connectivity index (χ3v) is 12.6. The minimum absolute atomic E-state index is 0.0898. The lowest BCUT2D eigenvalue weighted by atomic mass is 9.38. The topological polar surface area (TPSA) is 158 Å². The van der Waals surface area contributed by atoms with Gasteiger partial charge in [0.15, 0.2) is 17.9 Å². The summed E-state index contributed by atoms with van der Waals surface area (Å²) in [7, 11) is 0. The summed E-state index contributed by atoms with van der Waals surface area (Å²) in [6.07, 6.45) is -3.99. The smallest absolute Gasteiger partial charge is 0.348 e. The molecule has 3 N–H and O–H groups in total. The number of aliphatic hydroxyl groups is 3. The van der Waals surface area contributed by atoms with Crippen LogP contribution in [-0.2, 0) is 38.1 Å². The van der Waals surface area contributed by atoms with Crippen molar-refractivity contribution in [1.29, 1.82) is 0 Å². The highest BCUT2D eigenvalue weighted by Crippen LogP contribution is 2.74. The Morgan fingerprint density at radius 2 is 1.87 bits per heavy atom. The van der Waals surface area contributed by atoms with Crippen molar-refractivity contribution in [1.82, 2.24) is 0 Å². The zero-order chi connectivity index (χ0) is 33.4. The van der Waals surface area contributed by atoms with Gasteiger partial charge in [0, 0.05) is 29.3 Å². The lowest BCUT2D eigenvalue weighted by molar-refractivity contribution is -0.345. The second-order valence-electron chi connectivity index (χ2n) is 14.7. The molecule has 12 heteroatoms. The Kier molecular flexibility index (Phi) is 9.25. The fraction of sp³-hybridized carbons (Fsp3) is 0.848. The Morgan fingerprint density at radius 1 is 1.22 bits per heavy atom. The molecule has 2 saturated heterocycles. The maximum Gasteiger partial charge on any atom is 0.348 e. The van der Waals surface area contributed by atoms with Crippen LogP contribution in [0.25, 0.3) is 0 Å².